The molecule has 0 amide bonds. The summed E-state index contributed by atoms with van der Waals surface area (Å²) in [5.74, 6) is 0. The summed E-state index contributed by atoms with van der Waals surface area (Å²) in [5, 5.41) is 12.0. The molecular formula is C21H22O4. The number of aliphatic hydroxyl groups excluding tert-OH is 1. The Balaban J connectivity index is 1.96. The van der Waals surface area contributed by atoms with Crippen LogP contribution in [0.1, 0.15) is 32.8 Å². The van der Waals surface area contributed by atoms with E-state index in [0.717, 1.165) is 27.5 Å². The molecule has 0 spiro atoms. The zero-order valence-corrected chi connectivity index (χ0v) is 14.7. The molecule has 0 aliphatic rings. The van der Waals surface area contributed by atoms with Crippen molar-refractivity contribution in [1.82, 2.24) is 0 Å². The molecule has 0 saturated carbocycles. The highest BCUT2D eigenvalue weighted by Crippen LogP contribution is 2.29. The minimum absolute atomic E-state index is 0.374. The number of hydrogen-bond acceptors (Lipinski definition) is 4. The molecular weight excluding hydrogens is 316 g/mol. The molecule has 0 aliphatic carbocycles. The molecule has 4 nitrogen and oxygen atoms in total. The van der Waals surface area contributed by atoms with Crippen molar-refractivity contribution in [2.75, 3.05) is 0 Å². The van der Waals surface area contributed by atoms with Crippen LogP contribution in [0.15, 0.2) is 67.5 Å². The molecule has 130 valence electrons. The van der Waals surface area contributed by atoms with Gasteiger partial charge >= 0.3 is 5.63 Å². The summed E-state index contributed by atoms with van der Waals surface area (Å²) in [4.78, 5) is 11.5. The highest BCUT2D eigenvalue weighted by atomic mass is 16.4. The molecule has 0 saturated heterocycles. The Bertz CT molecular complexity index is 1010. The molecule has 4 heteroatoms. The number of aliphatic hydroxyl groups is 1. The zero-order chi connectivity index (χ0) is 18.0. The van der Waals surface area contributed by atoms with Crippen LogP contribution in [0, 0.1) is 0 Å². The van der Waals surface area contributed by atoms with Gasteiger partial charge in [-0.25, -0.2) is 4.79 Å². The molecule has 0 aliphatic heterocycles. The third-order valence-corrected chi connectivity index (χ3v) is 4.18. The number of allylic oxidation sites excluding steroid dienone is 2. The van der Waals surface area contributed by atoms with Gasteiger partial charge in [0.1, 0.15) is 11.2 Å². The summed E-state index contributed by atoms with van der Waals surface area (Å²) >= 11 is 0. The predicted octanol–water partition coefficient (Wildman–Crippen LogP) is 4.75. The first kappa shape index (κ1) is 17.2. The van der Waals surface area contributed by atoms with Crippen molar-refractivity contribution in [3.05, 3.63) is 69.8 Å². The number of furan rings is 1. The molecule has 0 radical (unpaired) electrons. The highest BCUT2D eigenvalue weighted by molar-refractivity contribution is 5.97. The molecule has 2 aromatic heterocycles. The smallest absolute Gasteiger partial charge is 0.336 e. The maximum atomic E-state index is 11.5. The molecule has 0 unspecified atom stereocenters. The number of fused-ring (bicyclic) bond motifs is 2. The van der Waals surface area contributed by atoms with E-state index in [1.54, 1.807) is 18.4 Å². The van der Waals surface area contributed by atoms with Crippen LogP contribution in [0.3, 0.4) is 0 Å². The van der Waals surface area contributed by atoms with Crippen LogP contribution in [0.4, 0.5) is 0 Å². The van der Waals surface area contributed by atoms with Gasteiger partial charge in [-0.1, -0.05) is 23.3 Å². The van der Waals surface area contributed by atoms with Crippen LogP contribution in [0.25, 0.3) is 21.9 Å². The van der Waals surface area contributed by atoms with Gasteiger partial charge in [0.25, 0.3) is 0 Å². The molecule has 3 rings (SSSR count). The Morgan fingerprint density at radius 3 is 2.68 bits per heavy atom. The molecule has 1 N–H and O–H groups in total. The van der Waals surface area contributed by atoms with E-state index in [1.807, 2.05) is 32.9 Å². The SMILES string of the molecule is CC(C)=C[C@@H](O)C/C(C)=C/Cc1c2ccoc2cc2oc(=O)ccc12. The normalized spacial score (nSPS) is 13.4. The minimum Gasteiger partial charge on any atom is -0.464 e. The van der Waals surface area contributed by atoms with Gasteiger partial charge in [0, 0.05) is 22.9 Å². The van der Waals surface area contributed by atoms with Gasteiger partial charge in [-0.3, -0.25) is 0 Å². The molecule has 3 aromatic rings. The first-order chi connectivity index (χ1) is 11.9. The molecule has 0 fully saturated rings. The van der Waals surface area contributed by atoms with Crippen LogP contribution in [-0.2, 0) is 6.42 Å². The van der Waals surface area contributed by atoms with Gasteiger partial charge in [0.05, 0.1) is 12.4 Å². The van der Waals surface area contributed by atoms with Gasteiger partial charge in [-0.05, 0) is 51.3 Å². The highest BCUT2D eigenvalue weighted by Gasteiger charge is 2.11. The van der Waals surface area contributed by atoms with E-state index in [1.165, 1.54) is 6.07 Å². The zero-order valence-electron chi connectivity index (χ0n) is 14.7. The summed E-state index contributed by atoms with van der Waals surface area (Å²) in [6, 6.07) is 6.91. The fourth-order valence-corrected chi connectivity index (χ4v) is 3.09. The van der Waals surface area contributed by atoms with Crippen LogP contribution < -0.4 is 5.63 Å². The predicted molar refractivity (Wildman–Crippen MR) is 99.8 cm³/mol. The monoisotopic (exact) mass is 338 g/mol. The largest absolute Gasteiger partial charge is 0.464 e. The molecule has 1 atom stereocenters. The van der Waals surface area contributed by atoms with E-state index in [4.69, 9.17) is 8.83 Å². The lowest BCUT2D eigenvalue weighted by Gasteiger charge is -2.09. The summed E-state index contributed by atoms with van der Waals surface area (Å²) in [6.07, 6.45) is 6.40. The van der Waals surface area contributed by atoms with Crippen LogP contribution in [0.5, 0.6) is 0 Å². The average molecular weight is 338 g/mol. The Morgan fingerprint density at radius 2 is 1.92 bits per heavy atom. The van der Waals surface area contributed by atoms with Crippen LogP contribution in [0.2, 0.25) is 0 Å². The second kappa shape index (κ2) is 7.11. The van der Waals surface area contributed by atoms with Gasteiger partial charge in [-0.15, -0.1) is 0 Å². The van der Waals surface area contributed by atoms with Crippen molar-refractivity contribution >= 4 is 21.9 Å². The fourth-order valence-electron chi connectivity index (χ4n) is 3.09. The second-order valence-corrected chi connectivity index (χ2v) is 6.62. The van der Waals surface area contributed by atoms with Crippen molar-refractivity contribution in [3.63, 3.8) is 0 Å². The van der Waals surface area contributed by atoms with E-state index in [2.05, 4.69) is 6.08 Å². The number of hydrogen-bond donors (Lipinski definition) is 1. The van der Waals surface area contributed by atoms with E-state index >= 15 is 0 Å². The van der Waals surface area contributed by atoms with E-state index in [0.29, 0.717) is 24.0 Å². The topological polar surface area (TPSA) is 63.6 Å². The first-order valence-corrected chi connectivity index (χ1v) is 8.35. The molecule has 0 bridgehead atoms. The van der Waals surface area contributed by atoms with Gasteiger partial charge < -0.3 is 13.9 Å². The van der Waals surface area contributed by atoms with Crippen molar-refractivity contribution in [2.45, 2.75) is 39.7 Å². The Morgan fingerprint density at radius 1 is 1.16 bits per heavy atom. The quantitative estimate of drug-likeness (QED) is 0.539. The lowest BCUT2D eigenvalue weighted by atomic mass is 9.99. The van der Waals surface area contributed by atoms with Gasteiger partial charge in [0.15, 0.2) is 0 Å². The van der Waals surface area contributed by atoms with Gasteiger partial charge in [0.2, 0.25) is 0 Å². The first-order valence-electron chi connectivity index (χ1n) is 8.35. The summed E-state index contributed by atoms with van der Waals surface area (Å²) < 4.78 is 10.8. The maximum absolute atomic E-state index is 11.5. The maximum Gasteiger partial charge on any atom is 0.336 e. The number of benzene rings is 1. The molecule has 1 aromatic carbocycles. The Labute approximate surface area is 146 Å². The summed E-state index contributed by atoms with van der Waals surface area (Å²) in [6.45, 7) is 5.96. The summed E-state index contributed by atoms with van der Waals surface area (Å²) in [5.41, 5.74) is 4.12. The summed E-state index contributed by atoms with van der Waals surface area (Å²) in [7, 11) is 0. The Hall–Kier alpha value is -2.59. The van der Waals surface area contributed by atoms with Crippen molar-refractivity contribution in [2.24, 2.45) is 0 Å². The van der Waals surface area contributed by atoms with E-state index < -0.39 is 6.10 Å². The second-order valence-electron chi connectivity index (χ2n) is 6.62. The Kier molecular flexibility index (Phi) is 4.91. The van der Waals surface area contributed by atoms with Gasteiger partial charge in [-0.2, -0.15) is 0 Å². The van der Waals surface area contributed by atoms with E-state index in [9.17, 15) is 9.90 Å². The van der Waals surface area contributed by atoms with Crippen molar-refractivity contribution < 1.29 is 13.9 Å². The molecule has 25 heavy (non-hydrogen) atoms. The third-order valence-electron chi connectivity index (χ3n) is 4.18. The standard InChI is InChI=1S/C21H22O4/c1-13(2)10-15(22)11-14(3)4-5-16-17-6-7-21(23)25-20(17)12-19-18(16)8-9-24-19/h4,6-10,12,15,22H,5,11H2,1-3H3/b14-4+/t15-/m1/s1. The van der Waals surface area contributed by atoms with Crippen LogP contribution >= 0.6 is 0 Å². The van der Waals surface area contributed by atoms with E-state index in [-0.39, 0.29) is 5.63 Å². The lowest BCUT2D eigenvalue weighted by molar-refractivity contribution is 0.222. The lowest BCUT2D eigenvalue weighted by Crippen LogP contribution is -2.03. The third kappa shape index (κ3) is 3.91. The van der Waals surface area contributed by atoms with Crippen LogP contribution in [-0.4, -0.2) is 11.2 Å². The van der Waals surface area contributed by atoms with Crippen molar-refractivity contribution in [3.8, 4) is 0 Å². The minimum atomic E-state index is -0.472. The average Bonchev–Trinajstić information content (AvgIpc) is 2.98. The number of rotatable bonds is 5. The molecule has 2 heterocycles. The fraction of sp³-hybridized carbons (Fsp3) is 0.286. The van der Waals surface area contributed by atoms with Crippen molar-refractivity contribution in [1.29, 1.82) is 0 Å².